The lowest BCUT2D eigenvalue weighted by atomic mass is 10.1. The molecule has 3 aromatic carbocycles. The first-order valence-corrected chi connectivity index (χ1v) is 10.5. The predicted molar refractivity (Wildman–Crippen MR) is 118 cm³/mol. The van der Waals surface area contributed by atoms with E-state index in [4.69, 9.17) is 9.47 Å². The van der Waals surface area contributed by atoms with Crippen LogP contribution in [0.4, 0.5) is 0 Å². The highest BCUT2D eigenvalue weighted by Gasteiger charge is 2.16. The summed E-state index contributed by atoms with van der Waals surface area (Å²) in [5.74, 6) is 0.602. The quantitative estimate of drug-likeness (QED) is 0.652. The number of nitrogens with one attached hydrogen (secondary N) is 1. The molecule has 0 unspecified atom stereocenters. The summed E-state index contributed by atoms with van der Waals surface area (Å²) in [6, 6.07) is 22.3. The Kier molecular flexibility index (Phi) is 6.62. The zero-order chi connectivity index (χ0) is 20.8. The van der Waals surface area contributed by atoms with E-state index in [2.05, 4.69) is 22.3 Å². The monoisotopic (exact) mass is 404 g/mol. The zero-order valence-corrected chi connectivity index (χ0v) is 17.3. The molecule has 0 saturated carbocycles. The van der Waals surface area contributed by atoms with Crippen LogP contribution in [0, 0.1) is 0 Å². The summed E-state index contributed by atoms with van der Waals surface area (Å²) in [7, 11) is 0. The number of ether oxygens (including phenoxy) is 2. The Labute approximate surface area is 177 Å². The van der Waals surface area contributed by atoms with Crippen molar-refractivity contribution in [2.75, 3.05) is 26.3 Å². The maximum absolute atomic E-state index is 12.6. The van der Waals surface area contributed by atoms with E-state index >= 15 is 0 Å². The van der Waals surface area contributed by atoms with Gasteiger partial charge in [0.15, 0.2) is 6.10 Å². The molecule has 1 aliphatic heterocycles. The van der Waals surface area contributed by atoms with Crippen LogP contribution in [-0.2, 0) is 22.6 Å². The standard InChI is InChI=1S/C25H28N2O3/c1-19(30-24-11-5-9-22-8-2-3-10-23(22)24)25(28)26-17-20-6-4-7-21(16-20)18-27-12-14-29-15-13-27/h2-11,16,19H,12-15,17-18H2,1H3,(H,26,28)/t19-/m0/s1. The van der Waals surface area contributed by atoms with Crippen LogP contribution in [0.5, 0.6) is 5.75 Å². The number of hydrogen-bond acceptors (Lipinski definition) is 4. The van der Waals surface area contributed by atoms with Crippen LogP contribution in [0.25, 0.3) is 10.8 Å². The van der Waals surface area contributed by atoms with Gasteiger partial charge in [0.05, 0.1) is 13.2 Å². The van der Waals surface area contributed by atoms with E-state index in [1.54, 1.807) is 6.92 Å². The molecule has 0 aliphatic carbocycles. The van der Waals surface area contributed by atoms with Gasteiger partial charge in [-0.1, -0.05) is 60.7 Å². The summed E-state index contributed by atoms with van der Waals surface area (Å²) >= 11 is 0. The van der Waals surface area contributed by atoms with Crippen LogP contribution >= 0.6 is 0 Å². The molecule has 0 aromatic heterocycles. The normalized spacial score (nSPS) is 15.6. The van der Waals surface area contributed by atoms with Gasteiger partial charge in [0, 0.05) is 31.6 Å². The van der Waals surface area contributed by atoms with Crippen molar-refractivity contribution < 1.29 is 14.3 Å². The number of hydrogen-bond donors (Lipinski definition) is 1. The third-order valence-corrected chi connectivity index (χ3v) is 5.39. The van der Waals surface area contributed by atoms with E-state index in [1.165, 1.54) is 5.56 Å². The maximum atomic E-state index is 12.6. The molecular weight excluding hydrogens is 376 g/mol. The maximum Gasteiger partial charge on any atom is 0.261 e. The highest BCUT2D eigenvalue weighted by atomic mass is 16.5. The molecule has 156 valence electrons. The average molecular weight is 405 g/mol. The summed E-state index contributed by atoms with van der Waals surface area (Å²) in [5, 5.41) is 5.11. The number of nitrogens with zero attached hydrogens (tertiary/aromatic N) is 1. The van der Waals surface area contributed by atoms with Crippen LogP contribution in [0.3, 0.4) is 0 Å². The number of carbonyl (C=O) groups excluding carboxylic acids is 1. The Morgan fingerprint density at radius 1 is 1.03 bits per heavy atom. The molecule has 1 amide bonds. The number of benzene rings is 3. The van der Waals surface area contributed by atoms with Crippen LogP contribution in [0.2, 0.25) is 0 Å². The second-order valence-electron chi connectivity index (χ2n) is 7.66. The number of fused-ring (bicyclic) bond motifs is 1. The Bertz CT molecular complexity index is 993. The Morgan fingerprint density at radius 3 is 2.63 bits per heavy atom. The van der Waals surface area contributed by atoms with Crippen LogP contribution in [0.15, 0.2) is 66.7 Å². The zero-order valence-electron chi connectivity index (χ0n) is 17.3. The van der Waals surface area contributed by atoms with Gasteiger partial charge in [-0.3, -0.25) is 9.69 Å². The Balaban J connectivity index is 1.33. The van der Waals surface area contributed by atoms with Crippen LogP contribution in [0.1, 0.15) is 18.1 Å². The van der Waals surface area contributed by atoms with Gasteiger partial charge < -0.3 is 14.8 Å². The molecule has 0 bridgehead atoms. The van der Waals surface area contributed by atoms with Crippen molar-refractivity contribution in [2.45, 2.75) is 26.1 Å². The molecule has 0 spiro atoms. The number of carbonyl (C=O) groups is 1. The smallest absolute Gasteiger partial charge is 0.261 e. The minimum Gasteiger partial charge on any atom is -0.480 e. The van der Waals surface area contributed by atoms with Gasteiger partial charge in [-0.2, -0.15) is 0 Å². The molecule has 3 aromatic rings. The fourth-order valence-electron chi connectivity index (χ4n) is 3.73. The van der Waals surface area contributed by atoms with Gasteiger partial charge in [-0.25, -0.2) is 0 Å². The first kappa shape index (κ1) is 20.4. The molecule has 1 saturated heterocycles. The molecule has 5 heteroatoms. The molecule has 1 N–H and O–H groups in total. The van der Waals surface area contributed by atoms with Gasteiger partial charge >= 0.3 is 0 Å². The SMILES string of the molecule is C[C@H](Oc1cccc2ccccc12)C(=O)NCc1cccc(CN2CCOCC2)c1. The molecule has 1 heterocycles. The topological polar surface area (TPSA) is 50.8 Å². The van der Waals surface area contributed by atoms with Crippen LogP contribution < -0.4 is 10.1 Å². The first-order chi connectivity index (χ1) is 14.7. The number of morpholine rings is 1. The van der Waals surface area contributed by atoms with Gasteiger partial charge in [0.1, 0.15) is 5.75 Å². The average Bonchev–Trinajstić information content (AvgIpc) is 2.78. The fraction of sp³-hybridized carbons (Fsp3) is 0.320. The minimum atomic E-state index is -0.577. The summed E-state index contributed by atoms with van der Waals surface area (Å²) in [5.41, 5.74) is 2.34. The molecular formula is C25H28N2O3. The van der Waals surface area contributed by atoms with E-state index < -0.39 is 6.10 Å². The largest absolute Gasteiger partial charge is 0.480 e. The van der Waals surface area contributed by atoms with E-state index in [0.717, 1.165) is 54.9 Å². The lowest BCUT2D eigenvalue weighted by molar-refractivity contribution is -0.127. The van der Waals surface area contributed by atoms with Gasteiger partial charge in [0.2, 0.25) is 0 Å². The van der Waals surface area contributed by atoms with Crippen LogP contribution in [-0.4, -0.2) is 43.2 Å². The number of amides is 1. The molecule has 0 radical (unpaired) electrons. The number of rotatable bonds is 7. The van der Waals surface area contributed by atoms with Crippen molar-refractivity contribution >= 4 is 16.7 Å². The van der Waals surface area contributed by atoms with Gasteiger partial charge in [0.25, 0.3) is 5.91 Å². The highest BCUT2D eigenvalue weighted by molar-refractivity contribution is 5.89. The van der Waals surface area contributed by atoms with Crippen molar-refractivity contribution in [2.24, 2.45) is 0 Å². The fourth-order valence-corrected chi connectivity index (χ4v) is 3.73. The summed E-state index contributed by atoms with van der Waals surface area (Å²) in [4.78, 5) is 15.0. The summed E-state index contributed by atoms with van der Waals surface area (Å²) in [6.45, 7) is 6.69. The minimum absolute atomic E-state index is 0.124. The lowest BCUT2D eigenvalue weighted by Crippen LogP contribution is -2.36. The Hall–Kier alpha value is -2.89. The van der Waals surface area contributed by atoms with Gasteiger partial charge in [-0.05, 0) is 29.5 Å². The molecule has 1 fully saturated rings. The molecule has 4 rings (SSSR count). The van der Waals surface area contributed by atoms with Crippen molar-refractivity contribution in [1.29, 1.82) is 0 Å². The summed E-state index contributed by atoms with van der Waals surface area (Å²) in [6.07, 6.45) is -0.577. The van der Waals surface area contributed by atoms with Crippen molar-refractivity contribution in [3.8, 4) is 5.75 Å². The third-order valence-electron chi connectivity index (χ3n) is 5.39. The van der Waals surface area contributed by atoms with E-state index in [0.29, 0.717) is 6.54 Å². The molecule has 1 atom stereocenters. The summed E-state index contributed by atoms with van der Waals surface area (Å²) < 4.78 is 11.4. The Morgan fingerprint density at radius 2 is 1.77 bits per heavy atom. The highest BCUT2D eigenvalue weighted by Crippen LogP contribution is 2.26. The molecule has 5 nitrogen and oxygen atoms in total. The first-order valence-electron chi connectivity index (χ1n) is 10.5. The predicted octanol–water partition coefficient (Wildman–Crippen LogP) is 3.76. The molecule has 1 aliphatic rings. The van der Waals surface area contributed by atoms with Crippen molar-refractivity contribution in [1.82, 2.24) is 10.2 Å². The second-order valence-corrected chi connectivity index (χ2v) is 7.66. The van der Waals surface area contributed by atoms with E-state index in [1.807, 2.05) is 54.6 Å². The lowest BCUT2D eigenvalue weighted by Gasteiger charge is -2.26. The second kappa shape index (κ2) is 9.74. The van der Waals surface area contributed by atoms with Crippen molar-refractivity contribution in [3.05, 3.63) is 77.9 Å². The third kappa shape index (κ3) is 5.17. The van der Waals surface area contributed by atoms with Gasteiger partial charge in [-0.15, -0.1) is 0 Å². The molecule has 30 heavy (non-hydrogen) atoms. The van der Waals surface area contributed by atoms with E-state index in [9.17, 15) is 4.79 Å². The van der Waals surface area contributed by atoms with Crippen molar-refractivity contribution in [3.63, 3.8) is 0 Å². The van der Waals surface area contributed by atoms with E-state index in [-0.39, 0.29) is 5.91 Å².